The van der Waals surface area contributed by atoms with Crippen LogP contribution in [-0.4, -0.2) is 31.6 Å². The molecule has 17 heavy (non-hydrogen) atoms. The third kappa shape index (κ3) is 4.75. The molecule has 1 rings (SSSR count). The Labute approximate surface area is 109 Å². The number of halogens is 1. The van der Waals surface area contributed by atoms with Gasteiger partial charge in [0.15, 0.2) is 0 Å². The first-order valence-corrected chi connectivity index (χ1v) is 6.01. The van der Waals surface area contributed by atoms with Crippen LogP contribution in [0.4, 0.5) is 0 Å². The van der Waals surface area contributed by atoms with E-state index in [2.05, 4.69) is 20.7 Å². The van der Waals surface area contributed by atoms with Gasteiger partial charge in [0.05, 0.1) is 13.7 Å². The van der Waals surface area contributed by atoms with Crippen LogP contribution in [0.3, 0.4) is 0 Å². The predicted molar refractivity (Wildman–Crippen MR) is 67.4 cm³/mol. The zero-order valence-corrected chi connectivity index (χ0v) is 11.4. The van der Waals surface area contributed by atoms with E-state index < -0.39 is 4.83 Å². The molecule has 1 atom stereocenters. The molecule has 1 aromatic rings. The van der Waals surface area contributed by atoms with E-state index in [-0.39, 0.29) is 12.6 Å². The lowest BCUT2D eigenvalue weighted by molar-refractivity contribution is -0.140. The number of carbonyl (C=O) groups is 1. The van der Waals surface area contributed by atoms with Crippen LogP contribution in [0.25, 0.3) is 0 Å². The Hall–Kier alpha value is -1.07. The minimum absolute atomic E-state index is 0.225. The second-order valence-corrected chi connectivity index (χ2v) is 4.49. The number of hydrogen-bond donors (Lipinski definition) is 0. The smallest absolute Gasteiger partial charge is 0.322 e. The van der Waals surface area contributed by atoms with Crippen molar-refractivity contribution in [1.82, 2.24) is 0 Å². The standard InChI is InChI=1S/C12H15BrO4/c1-15-7-9-4-3-5-10(6-9)17-8-11(13)12(14)16-2/h3-6,11H,7-8H2,1-2H3. The van der Waals surface area contributed by atoms with Crippen LogP contribution in [0.5, 0.6) is 5.75 Å². The Morgan fingerprint density at radius 1 is 1.41 bits per heavy atom. The predicted octanol–water partition coefficient (Wildman–Crippen LogP) is 2.15. The van der Waals surface area contributed by atoms with Gasteiger partial charge in [-0.2, -0.15) is 0 Å². The number of ether oxygens (including phenoxy) is 3. The molecule has 0 amide bonds. The fourth-order valence-corrected chi connectivity index (χ4v) is 1.58. The molecule has 0 saturated carbocycles. The molecule has 0 aliphatic carbocycles. The Balaban J connectivity index is 2.51. The first-order valence-electron chi connectivity index (χ1n) is 5.10. The van der Waals surface area contributed by atoms with Crippen LogP contribution in [0.15, 0.2) is 24.3 Å². The summed E-state index contributed by atoms with van der Waals surface area (Å²) in [5.74, 6) is 0.353. The normalized spacial score (nSPS) is 11.9. The van der Waals surface area contributed by atoms with Gasteiger partial charge in [-0.3, -0.25) is 4.79 Å². The van der Waals surface area contributed by atoms with Crippen LogP contribution < -0.4 is 4.74 Å². The van der Waals surface area contributed by atoms with Crippen molar-refractivity contribution < 1.29 is 19.0 Å². The number of hydrogen-bond acceptors (Lipinski definition) is 4. The average molecular weight is 303 g/mol. The maximum Gasteiger partial charge on any atom is 0.322 e. The number of esters is 1. The molecule has 0 aliphatic rings. The highest BCUT2D eigenvalue weighted by atomic mass is 79.9. The molecule has 5 heteroatoms. The lowest BCUT2D eigenvalue weighted by Gasteiger charge is -2.10. The highest BCUT2D eigenvalue weighted by Crippen LogP contribution is 2.15. The average Bonchev–Trinajstić information content (AvgIpc) is 2.36. The molecule has 0 aliphatic heterocycles. The van der Waals surface area contributed by atoms with Gasteiger partial charge in [-0.25, -0.2) is 0 Å². The summed E-state index contributed by atoms with van der Waals surface area (Å²) in [6.07, 6.45) is 0. The summed E-state index contributed by atoms with van der Waals surface area (Å²) in [4.78, 5) is 10.7. The Morgan fingerprint density at radius 3 is 2.82 bits per heavy atom. The maximum absolute atomic E-state index is 11.1. The summed E-state index contributed by atoms with van der Waals surface area (Å²) >= 11 is 3.19. The molecule has 0 fully saturated rings. The van der Waals surface area contributed by atoms with E-state index in [1.165, 1.54) is 7.11 Å². The third-order valence-corrected chi connectivity index (χ3v) is 2.70. The highest BCUT2D eigenvalue weighted by Gasteiger charge is 2.15. The highest BCUT2D eigenvalue weighted by molar-refractivity contribution is 9.10. The van der Waals surface area contributed by atoms with Crippen LogP contribution in [-0.2, 0) is 20.9 Å². The second-order valence-electron chi connectivity index (χ2n) is 3.38. The molecule has 0 heterocycles. The molecule has 94 valence electrons. The number of rotatable bonds is 6. The van der Waals surface area contributed by atoms with E-state index in [1.54, 1.807) is 7.11 Å². The van der Waals surface area contributed by atoms with Crippen LogP contribution in [0.1, 0.15) is 5.56 Å². The molecule has 0 spiro atoms. The SMILES string of the molecule is COCc1cccc(OCC(Br)C(=O)OC)c1. The molecule has 0 radical (unpaired) electrons. The van der Waals surface area contributed by atoms with Crippen molar-refractivity contribution in [1.29, 1.82) is 0 Å². The van der Waals surface area contributed by atoms with E-state index in [0.717, 1.165) is 5.56 Å². The minimum Gasteiger partial charge on any atom is -0.492 e. The third-order valence-electron chi connectivity index (χ3n) is 2.06. The van der Waals surface area contributed by atoms with Gasteiger partial charge in [0.25, 0.3) is 0 Å². The lowest BCUT2D eigenvalue weighted by atomic mass is 10.2. The largest absolute Gasteiger partial charge is 0.492 e. The van der Waals surface area contributed by atoms with Crippen molar-refractivity contribution in [3.05, 3.63) is 29.8 Å². The summed E-state index contributed by atoms with van der Waals surface area (Å²) in [5.41, 5.74) is 1.02. The molecule has 1 unspecified atom stereocenters. The van der Waals surface area contributed by atoms with Crippen LogP contribution >= 0.6 is 15.9 Å². The maximum atomic E-state index is 11.1. The van der Waals surface area contributed by atoms with Gasteiger partial charge in [0.2, 0.25) is 0 Å². The Bertz CT molecular complexity index is 367. The first kappa shape index (κ1) is 14.0. The van der Waals surface area contributed by atoms with E-state index in [9.17, 15) is 4.79 Å². The van der Waals surface area contributed by atoms with Gasteiger partial charge in [-0.05, 0) is 17.7 Å². The van der Waals surface area contributed by atoms with E-state index >= 15 is 0 Å². The van der Waals surface area contributed by atoms with E-state index in [1.807, 2.05) is 24.3 Å². The van der Waals surface area contributed by atoms with E-state index in [0.29, 0.717) is 12.4 Å². The topological polar surface area (TPSA) is 44.8 Å². The summed E-state index contributed by atoms with van der Waals surface area (Å²) in [7, 11) is 2.98. The molecular weight excluding hydrogens is 288 g/mol. The minimum atomic E-state index is -0.460. The molecule has 0 aromatic heterocycles. The Kier molecular flexibility index (Phi) is 6.00. The summed E-state index contributed by atoms with van der Waals surface area (Å²) < 4.78 is 15.1. The quantitative estimate of drug-likeness (QED) is 0.597. The molecular formula is C12H15BrO4. The monoisotopic (exact) mass is 302 g/mol. The van der Waals surface area contributed by atoms with Gasteiger partial charge >= 0.3 is 5.97 Å². The van der Waals surface area contributed by atoms with Crippen molar-refractivity contribution in [2.45, 2.75) is 11.4 Å². The molecule has 1 aromatic carbocycles. The van der Waals surface area contributed by atoms with Crippen LogP contribution in [0.2, 0.25) is 0 Å². The zero-order chi connectivity index (χ0) is 12.7. The Morgan fingerprint density at radius 2 is 2.18 bits per heavy atom. The van der Waals surface area contributed by atoms with E-state index in [4.69, 9.17) is 9.47 Å². The van der Waals surface area contributed by atoms with Gasteiger partial charge in [0.1, 0.15) is 17.2 Å². The van der Waals surface area contributed by atoms with Crippen molar-refractivity contribution in [2.24, 2.45) is 0 Å². The lowest BCUT2D eigenvalue weighted by Crippen LogP contribution is -2.22. The summed E-state index contributed by atoms with van der Waals surface area (Å²) in [6, 6.07) is 7.53. The fourth-order valence-electron chi connectivity index (χ4n) is 1.26. The zero-order valence-electron chi connectivity index (χ0n) is 9.81. The van der Waals surface area contributed by atoms with Gasteiger partial charge in [0, 0.05) is 7.11 Å². The van der Waals surface area contributed by atoms with Crippen molar-refractivity contribution in [3.63, 3.8) is 0 Å². The molecule has 0 N–H and O–H groups in total. The number of methoxy groups -OCH3 is 2. The molecule has 4 nitrogen and oxygen atoms in total. The second kappa shape index (κ2) is 7.29. The summed E-state index contributed by atoms with van der Waals surface area (Å²) in [6.45, 7) is 0.759. The van der Waals surface area contributed by atoms with Crippen LogP contribution in [0, 0.1) is 0 Å². The van der Waals surface area contributed by atoms with Crippen molar-refractivity contribution in [3.8, 4) is 5.75 Å². The summed E-state index contributed by atoms with van der Waals surface area (Å²) in [5, 5.41) is 0. The van der Waals surface area contributed by atoms with Gasteiger partial charge < -0.3 is 14.2 Å². The van der Waals surface area contributed by atoms with Crippen molar-refractivity contribution in [2.75, 3.05) is 20.8 Å². The van der Waals surface area contributed by atoms with Gasteiger partial charge in [-0.1, -0.05) is 28.1 Å². The first-order chi connectivity index (χ1) is 8.17. The fraction of sp³-hybridized carbons (Fsp3) is 0.417. The number of carbonyl (C=O) groups excluding carboxylic acids is 1. The van der Waals surface area contributed by atoms with Crippen molar-refractivity contribution >= 4 is 21.9 Å². The molecule has 0 saturated heterocycles. The van der Waals surface area contributed by atoms with Gasteiger partial charge in [-0.15, -0.1) is 0 Å². The number of benzene rings is 1. The number of alkyl halides is 1. The molecule has 0 bridgehead atoms.